The minimum atomic E-state index is -0.973. The maximum absolute atomic E-state index is 10.6. The van der Waals surface area contributed by atoms with E-state index >= 15 is 0 Å². The van der Waals surface area contributed by atoms with E-state index in [0.717, 1.165) is 22.7 Å². The molecule has 2 aromatic heterocycles. The Morgan fingerprint density at radius 2 is 2.29 bits per heavy atom. The van der Waals surface area contributed by atoms with Crippen molar-refractivity contribution in [3.05, 3.63) is 32.7 Å². The summed E-state index contributed by atoms with van der Waals surface area (Å²) in [5, 5.41) is 12.5. The van der Waals surface area contributed by atoms with Gasteiger partial charge in [-0.05, 0) is 0 Å². The van der Waals surface area contributed by atoms with E-state index in [1.54, 1.807) is 10.9 Å². The van der Waals surface area contributed by atoms with E-state index in [2.05, 4.69) is 9.97 Å². The molecule has 0 saturated heterocycles. The third-order valence-corrected chi connectivity index (χ3v) is 3.09. The molecule has 6 heteroatoms. The fraction of sp³-hybridized carbons (Fsp3) is 0.125. The van der Waals surface area contributed by atoms with Crippen LogP contribution in [0.2, 0.25) is 0 Å². The monoisotopic (exact) mass is 226 g/mol. The van der Waals surface area contributed by atoms with Gasteiger partial charge in [0.25, 0.3) is 0 Å². The molecule has 0 bridgehead atoms. The summed E-state index contributed by atoms with van der Waals surface area (Å²) in [4.78, 5) is 18.6. The van der Waals surface area contributed by atoms with E-state index in [1.165, 1.54) is 11.3 Å². The molecular formula is C8H6N2O2S2. The highest BCUT2D eigenvalue weighted by Crippen LogP contribution is 2.13. The van der Waals surface area contributed by atoms with Gasteiger partial charge in [-0.15, -0.1) is 22.7 Å². The fourth-order valence-corrected chi connectivity index (χ4v) is 2.21. The lowest BCUT2D eigenvalue weighted by Crippen LogP contribution is -1.96. The zero-order valence-corrected chi connectivity index (χ0v) is 8.64. The average molecular weight is 226 g/mol. The summed E-state index contributed by atoms with van der Waals surface area (Å²) in [6.07, 6.45) is 0.604. The Bertz CT molecular complexity index is 436. The van der Waals surface area contributed by atoms with Crippen molar-refractivity contribution in [2.75, 3.05) is 0 Å². The first-order valence-electron chi connectivity index (χ1n) is 3.80. The summed E-state index contributed by atoms with van der Waals surface area (Å²) >= 11 is 2.66. The number of thiazole rings is 2. The Morgan fingerprint density at radius 3 is 2.86 bits per heavy atom. The lowest BCUT2D eigenvalue weighted by molar-refractivity contribution is 0.0696. The largest absolute Gasteiger partial charge is 0.476 e. The second-order valence-corrected chi connectivity index (χ2v) is 4.18. The van der Waals surface area contributed by atoms with Crippen LogP contribution >= 0.6 is 22.7 Å². The summed E-state index contributed by atoms with van der Waals surface area (Å²) in [6, 6.07) is 0. The lowest BCUT2D eigenvalue weighted by Gasteiger charge is -1.89. The van der Waals surface area contributed by atoms with Crippen LogP contribution in [0.25, 0.3) is 0 Å². The van der Waals surface area contributed by atoms with Crippen molar-refractivity contribution in [2.45, 2.75) is 6.42 Å². The van der Waals surface area contributed by atoms with Crippen molar-refractivity contribution in [1.29, 1.82) is 0 Å². The van der Waals surface area contributed by atoms with Crippen LogP contribution in [0.4, 0.5) is 0 Å². The second kappa shape index (κ2) is 3.85. The van der Waals surface area contributed by atoms with Crippen molar-refractivity contribution in [2.24, 2.45) is 0 Å². The number of hydrogen-bond donors (Lipinski definition) is 1. The molecule has 14 heavy (non-hydrogen) atoms. The highest BCUT2D eigenvalue weighted by Gasteiger charge is 2.09. The van der Waals surface area contributed by atoms with Crippen LogP contribution in [0.15, 0.2) is 16.3 Å². The number of aromatic carboxylic acids is 1. The Hall–Kier alpha value is -1.27. The summed E-state index contributed by atoms with van der Waals surface area (Å²) in [7, 11) is 0. The second-order valence-electron chi connectivity index (χ2n) is 2.61. The minimum Gasteiger partial charge on any atom is -0.476 e. The molecule has 2 aromatic rings. The molecule has 0 aromatic carbocycles. The first-order valence-corrected chi connectivity index (χ1v) is 5.62. The van der Waals surface area contributed by atoms with Crippen molar-refractivity contribution < 1.29 is 9.90 Å². The standard InChI is InChI=1S/C8H6N2O2S2/c11-8(12)7-10-6(3-14-7)1-5-2-13-4-9-5/h2-4H,1H2,(H,11,12). The number of rotatable bonds is 3. The first kappa shape index (κ1) is 9.29. The summed E-state index contributed by atoms with van der Waals surface area (Å²) < 4.78 is 0. The number of aromatic nitrogens is 2. The predicted octanol–water partition coefficient (Wildman–Crippen LogP) is 1.89. The third kappa shape index (κ3) is 1.97. The van der Waals surface area contributed by atoms with Crippen LogP contribution in [0.1, 0.15) is 21.2 Å². The smallest absolute Gasteiger partial charge is 0.365 e. The van der Waals surface area contributed by atoms with Crippen LogP contribution in [-0.2, 0) is 6.42 Å². The number of carboxylic acid groups (broad SMARTS) is 1. The summed E-state index contributed by atoms with van der Waals surface area (Å²) in [6.45, 7) is 0. The van der Waals surface area contributed by atoms with Crippen molar-refractivity contribution in [3.63, 3.8) is 0 Å². The highest BCUT2D eigenvalue weighted by atomic mass is 32.1. The number of carbonyl (C=O) groups is 1. The highest BCUT2D eigenvalue weighted by molar-refractivity contribution is 7.11. The third-order valence-electron chi connectivity index (χ3n) is 1.58. The maximum atomic E-state index is 10.6. The van der Waals surface area contributed by atoms with E-state index in [0.29, 0.717) is 6.42 Å². The van der Waals surface area contributed by atoms with Gasteiger partial charge in [-0.3, -0.25) is 0 Å². The molecular weight excluding hydrogens is 220 g/mol. The summed E-state index contributed by atoms with van der Waals surface area (Å²) in [5.74, 6) is -0.973. The van der Waals surface area contributed by atoms with Crippen LogP contribution in [-0.4, -0.2) is 21.0 Å². The van der Waals surface area contributed by atoms with Crippen LogP contribution < -0.4 is 0 Å². The van der Waals surface area contributed by atoms with E-state index in [-0.39, 0.29) is 5.01 Å². The summed E-state index contributed by atoms with van der Waals surface area (Å²) in [5.41, 5.74) is 3.44. The van der Waals surface area contributed by atoms with Gasteiger partial charge in [-0.1, -0.05) is 0 Å². The lowest BCUT2D eigenvalue weighted by atomic mass is 10.3. The van der Waals surface area contributed by atoms with Gasteiger partial charge < -0.3 is 5.11 Å². The van der Waals surface area contributed by atoms with Gasteiger partial charge in [0, 0.05) is 17.2 Å². The molecule has 0 radical (unpaired) electrons. The molecule has 4 nitrogen and oxygen atoms in total. The van der Waals surface area contributed by atoms with Gasteiger partial charge in [0.2, 0.25) is 5.01 Å². The maximum Gasteiger partial charge on any atom is 0.365 e. The van der Waals surface area contributed by atoms with Crippen molar-refractivity contribution in [1.82, 2.24) is 9.97 Å². The fourth-order valence-electron chi connectivity index (χ4n) is 0.997. The molecule has 0 unspecified atom stereocenters. The van der Waals surface area contributed by atoms with Crippen LogP contribution in [0.5, 0.6) is 0 Å². The topological polar surface area (TPSA) is 63.1 Å². The number of nitrogens with zero attached hydrogens (tertiary/aromatic N) is 2. The predicted molar refractivity (Wildman–Crippen MR) is 54.0 cm³/mol. The van der Waals surface area contributed by atoms with Crippen molar-refractivity contribution >= 4 is 28.6 Å². The molecule has 0 atom stereocenters. The van der Waals surface area contributed by atoms with Crippen molar-refractivity contribution in [3.8, 4) is 0 Å². The van der Waals surface area contributed by atoms with Gasteiger partial charge in [0.1, 0.15) is 0 Å². The molecule has 1 N–H and O–H groups in total. The van der Waals surface area contributed by atoms with Crippen LogP contribution in [0.3, 0.4) is 0 Å². The Balaban J connectivity index is 2.14. The quantitative estimate of drug-likeness (QED) is 0.868. The molecule has 0 aliphatic rings. The van der Waals surface area contributed by atoms with Crippen LogP contribution in [0, 0.1) is 0 Å². The van der Waals surface area contributed by atoms with Gasteiger partial charge in [0.05, 0.1) is 16.9 Å². The normalized spacial score (nSPS) is 10.3. The molecule has 0 fully saturated rings. The molecule has 0 aliphatic heterocycles. The molecule has 0 aliphatic carbocycles. The van der Waals surface area contributed by atoms with Gasteiger partial charge in [0.15, 0.2) is 0 Å². The van der Waals surface area contributed by atoms with E-state index in [1.807, 2.05) is 5.38 Å². The van der Waals surface area contributed by atoms with E-state index in [4.69, 9.17) is 5.11 Å². The van der Waals surface area contributed by atoms with E-state index in [9.17, 15) is 4.79 Å². The molecule has 2 heterocycles. The molecule has 72 valence electrons. The zero-order chi connectivity index (χ0) is 9.97. The first-order chi connectivity index (χ1) is 6.75. The van der Waals surface area contributed by atoms with E-state index < -0.39 is 5.97 Å². The van der Waals surface area contributed by atoms with Gasteiger partial charge >= 0.3 is 5.97 Å². The SMILES string of the molecule is O=C(O)c1nc(Cc2cscn2)cs1. The minimum absolute atomic E-state index is 0.134. The number of carboxylic acids is 1. The Kier molecular flexibility index (Phi) is 2.55. The van der Waals surface area contributed by atoms with Gasteiger partial charge in [-0.2, -0.15) is 0 Å². The zero-order valence-electron chi connectivity index (χ0n) is 7.01. The van der Waals surface area contributed by atoms with Gasteiger partial charge in [-0.25, -0.2) is 14.8 Å². The number of hydrogen-bond acceptors (Lipinski definition) is 5. The average Bonchev–Trinajstić information content (AvgIpc) is 2.75. The Labute approximate surface area is 87.9 Å². The molecule has 0 spiro atoms. The molecule has 2 rings (SSSR count). The molecule has 0 amide bonds. The molecule has 0 saturated carbocycles. The Morgan fingerprint density at radius 1 is 1.43 bits per heavy atom.